The van der Waals surface area contributed by atoms with Crippen LogP contribution in [0.3, 0.4) is 0 Å². The molecule has 34 heavy (non-hydrogen) atoms. The zero-order valence-corrected chi connectivity index (χ0v) is 19.7. The molecule has 0 spiro atoms. The van der Waals surface area contributed by atoms with Crippen LogP contribution < -0.4 is 15.0 Å². The summed E-state index contributed by atoms with van der Waals surface area (Å²) in [4.78, 5) is 29.0. The first-order chi connectivity index (χ1) is 16.5. The average Bonchev–Trinajstić information content (AvgIpc) is 2.86. The van der Waals surface area contributed by atoms with Crippen LogP contribution in [0.2, 0.25) is 0 Å². The summed E-state index contributed by atoms with van der Waals surface area (Å²) in [5.74, 6) is 0.216. The minimum Gasteiger partial charge on any atom is -0.481 e. The first-order valence-electron chi connectivity index (χ1n) is 11.7. The highest BCUT2D eigenvalue weighted by atomic mass is 16.5. The lowest BCUT2D eigenvalue weighted by Gasteiger charge is -2.36. The molecule has 1 aliphatic rings. The van der Waals surface area contributed by atoms with Crippen molar-refractivity contribution in [1.82, 2.24) is 4.90 Å². The first kappa shape index (κ1) is 23.5. The molecule has 1 unspecified atom stereocenters. The standard InChI is InChI=1S/C28H31N3O3/c1-21(32)24-9-6-10-27(19-24)34-22(2)28(33)29-25-11-13-26(14-12-25)31-17-15-30(16-18-31)20-23-7-4-3-5-8-23/h3-14,19,22H,15-18,20H2,1-2H3,(H,29,33). The average molecular weight is 458 g/mol. The Morgan fingerprint density at radius 3 is 2.29 bits per heavy atom. The summed E-state index contributed by atoms with van der Waals surface area (Å²) in [5.41, 5.74) is 3.79. The van der Waals surface area contributed by atoms with Gasteiger partial charge in [0, 0.05) is 49.7 Å². The third kappa shape index (κ3) is 6.23. The Balaban J connectivity index is 1.27. The molecule has 0 saturated carbocycles. The number of benzene rings is 3. The summed E-state index contributed by atoms with van der Waals surface area (Å²) in [6.45, 7) is 8.17. The van der Waals surface area contributed by atoms with Gasteiger partial charge in [0.2, 0.25) is 0 Å². The Morgan fingerprint density at radius 2 is 1.62 bits per heavy atom. The number of hydrogen-bond acceptors (Lipinski definition) is 5. The molecule has 1 fully saturated rings. The molecule has 1 amide bonds. The number of ketones is 1. The molecule has 3 aromatic carbocycles. The van der Waals surface area contributed by atoms with Crippen LogP contribution in [-0.4, -0.2) is 48.9 Å². The predicted molar refractivity (Wildman–Crippen MR) is 136 cm³/mol. The second-order valence-corrected chi connectivity index (χ2v) is 8.63. The van der Waals surface area contributed by atoms with Crippen LogP contribution in [0.5, 0.6) is 5.75 Å². The molecule has 0 aromatic heterocycles. The van der Waals surface area contributed by atoms with Gasteiger partial charge >= 0.3 is 0 Å². The first-order valence-corrected chi connectivity index (χ1v) is 11.7. The summed E-state index contributed by atoms with van der Waals surface area (Å²) in [5, 5.41) is 2.91. The second kappa shape index (κ2) is 11.0. The van der Waals surface area contributed by atoms with Gasteiger partial charge in [-0.2, -0.15) is 0 Å². The second-order valence-electron chi connectivity index (χ2n) is 8.63. The van der Waals surface area contributed by atoms with Crippen LogP contribution in [0.15, 0.2) is 78.9 Å². The Kier molecular flexibility index (Phi) is 7.60. The van der Waals surface area contributed by atoms with Crippen molar-refractivity contribution in [3.05, 3.63) is 90.0 Å². The predicted octanol–water partition coefficient (Wildman–Crippen LogP) is 4.62. The Labute approximate surface area is 201 Å². The van der Waals surface area contributed by atoms with E-state index in [1.807, 2.05) is 24.3 Å². The van der Waals surface area contributed by atoms with E-state index in [0.717, 1.165) is 44.1 Å². The van der Waals surface area contributed by atoms with Crippen molar-refractivity contribution < 1.29 is 14.3 Å². The Hall–Kier alpha value is -3.64. The highest BCUT2D eigenvalue weighted by Gasteiger charge is 2.18. The fourth-order valence-electron chi connectivity index (χ4n) is 4.05. The van der Waals surface area contributed by atoms with E-state index in [0.29, 0.717) is 11.3 Å². The number of Topliss-reactive ketones (excluding diaryl/α,β-unsaturated/α-hetero) is 1. The molecule has 1 aliphatic heterocycles. The van der Waals surface area contributed by atoms with Crippen LogP contribution in [0.1, 0.15) is 29.8 Å². The van der Waals surface area contributed by atoms with Gasteiger partial charge < -0.3 is 15.0 Å². The quantitative estimate of drug-likeness (QED) is 0.500. The van der Waals surface area contributed by atoms with E-state index in [4.69, 9.17) is 4.74 Å². The molecular weight excluding hydrogens is 426 g/mol. The zero-order valence-electron chi connectivity index (χ0n) is 19.7. The fraction of sp³-hybridized carbons (Fsp3) is 0.286. The van der Waals surface area contributed by atoms with Crippen molar-refractivity contribution in [3.63, 3.8) is 0 Å². The van der Waals surface area contributed by atoms with Gasteiger partial charge in [-0.3, -0.25) is 14.5 Å². The maximum atomic E-state index is 12.6. The third-order valence-corrected chi connectivity index (χ3v) is 6.04. The number of carbonyl (C=O) groups is 2. The third-order valence-electron chi connectivity index (χ3n) is 6.04. The summed E-state index contributed by atoms with van der Waals surface area (Å²) in [6.07, 6.45) is -0.695. The van der Waals surface area contributed by atoms with Gasteiger partial charge in [0.15, 0.2) is 11.9 Å². The monoisotopic (exact) mass is 457 g/mol. The van der Waals surface area contributed by atoms with Gasteiger partial charge in [-0.05, 0) is 55.8 Å². The SMILES string of the molecule is CC(=O)c1cccc(OC(C)C(=O)Nc2ccc(N3CCN(Cc4ccccc4)CC3)cc2)c1. The van der Waals surface area contributed by atoms with E-state index in [9.17, 15) is 9.59 Å². The summed E-state index contributed by atoms with van der Waals surface area (Å²) < 4.78 is 5.73. The normalized spacial score (nSPS) is 14.9. The number of ether oxygens (including phenoxy) is 1. The molecule has 6 heteroatoms. The van der Waals surface area contributed by atoms with Gasteiger partial charge in [-0.25, -0.2) is 0 Å². The molecule has 0 aliphatic carbocycles. The summed E-state index contributed by atoms with van der Waals surface area (Å²) >= 11 is 0. The van der Waals surface area contributed by atoms with Crippen molar-refractivity contribution in [1.29, 1.82) is 0 Å². The summed E-state index contributed by atoms with van der Waals surface area (Å²) in [7, 11) is 0. The number of carbonyl (C=O) groups excluding carboxylic acids is 2. The van der Waals surface area contributed by atoms with E-state index in [2.05, 4.69) is 45.4 Å². The lowest BCUT2D eigenvalue weighted by atomic mass is 10.1. The fourth-order valence-corrected chi connectivity index (χ4v) is 4.05. The van der Waals surface area contributed by atoms with E-state index in [1.165, 1.54) is 12.5 Å². The largest absolute Gasteiger partial charge is 0.481 e. The Bertz CT molecular complexity index is 1110. The van der Waals surface area contributed by atoms with Crippen molar-refractivity contribution >= 4 is 23.1 Å². The molecule has 6 nitrogen and oxygen atoms in total. The van der Waals surface area contributed by atoms with Gasteiger partial charge in [0.1, 0.15) is 5.75 Å². The number of nitrogens with zero attached hydrogens (tertiary/aromatic N) is 2. The van der Waals surface area contributed by atoms with Crippen LogP contribution >= 0.6 is 0 Å². The van der Waals surface area contributed by atoms with Crippen LogP contribution in [0.4, 0.5) is 11.4 Å². The van der Waals surface area contributed by atoms with Crippen LogP contribution in [-0.2, 0) is 11.3 Å². The number of amides is 1. The highest BCUT2D eigenvalue weighted by Crippen LogP contribution is 2.21. The molecule has 1 atom stereocenters. The number of rotatable bonds is 8. The number of anilines is 2. The Morgan fingerprint density at radius 1 is 0.912 bits per heavy atom. The number of nitrogens with one attached hydrogen (secondary N) is 1. The van der Waals surface area contributed by atoms with Crippen LogP contribution in [0, 0.1) is 0 Å². The molecule has 1 saturated heterocycles. The zero-order chi connectivity index (χ0) is 23.9. The minimum atomic E-state index is -0.695. The van der Waals surface area contributed by atoms with Crippen LogP contribution in [0.25, 0.3) is 0 Å². The van der Waals surface area contributed by atoms with E-state index in [1.54, 1.807) is 31.2 Å². The smallest absolute Gasteiger partial charge is 0.265 e. The van der Waals surface area contributed by atoms with Gasteiger partial charge in [-0.1, -0.05) is 42.5 Å². The van der Waals surface area contributed by atoms with Crippen molar-refractivity contribution in [3.8, 4) is 5.75 Å². The van der Waals surface area contributed by atoms with Gasteiger partial charge in [0.25, 0.3) is 5.91 Å². The van der Waals surface area contributed by atoms with Crippen molar-refractivity contribution in [2.45, 2.75) is 26.5 Å². The molecule has 1 N–H and O–H groups in total. The maximum Gasteiger partial charge on any atom is 0.265 e. The maximum absolute atomic E-state index is 12.6. The molecule has 3 aromatic rings. The number of hydrogen-bond donors (Lipinski definition) is 1. The topological polar surface area (TPSA) is 61.9 Å². The molecular formula is C28H31N3O3. The molecule has 0 radical (unpaired) electrons. The van der Waals surface area contributed by atoms with Gasteiger partial charge in [-0.15, -0.1) is 0 Å². The molecule has 1 heterocycles. The van der Waals surface area contributed by atoms with E-state index in [-0.39, 0.29) is 11.7 Å². The lowest BCUT2D eigenvalue weighted by Crippen LogP contribution is -2.45. The highest BCUT2D eigenvalue weighted by molar-refractivity contribution is 5.95. The molecule has 176 valence electrons. The van der Waals surface area contributed by atoms with E-state index < -0.39 is 6.10 Å². The van der Waals surface area contributed by atoms with Gasteiger partial charge in [0.05, 0.1) is 0 Å². The van der Waals surface area contributed by atoms with Crippen molar-refractivity contribution in [2.24, 2.45) is 0 Å². The minimum absolute atomic E-state index is 0.0414. The lowest BCUT2D eigenvalue weighted by molar-refractivity contribution is -0.122. The molecule has 0 bridgehead atoms. The number of piperazine rings is 1. The van der Waals surface area contributed by atoms with Crippen molar-refractivity contribution in [2.75, 3.05) is 36.4 Å². The van der Waals surface area contributed by atoms with E-state index >= 15 is 0 Å². The molecule has 4 rings (SSSR count). The summed E-state index contributed by atoms with van der Waals surface area (Å²) in [6, 6.07) is 25.4.